The SMILES string of the molecule is Fc1ccc(CNC(=S)Nc2nc(Oc3ccccc3)cc(Oc3ccccc3)n2)cc1. The molecule has 4 aromatic rings. The number of hydrogen-bond acceptors (Lipinski definition) is 5. The van der Waals surface area contributed by atoms with Crippen LogP contribution in [-0.2, 0) is 6.54 Å². The van der Waals surface area contributed by atoms with Crippen LogP contribution in [0.2, 0.25) is 0 Å². The van der Waals surface area contributed by atoms with Crippen LogP contribution in [0.15, 0.2) is 91.0 Å². The Morgan fingerprint density at radius 3 is 1.84 bits per heavy atom. The highest BCUT2D eigenvalue weighted by atomic mass is 32.1. The quantitative estimate of drug-likeness (QED) is 0.354. The summed E-state index contributed by atoms with van der Waals surface area (Å²) in [6.07, 6.45) is 0. The van der Waals surface area contributed by atoms with Gasteiger partial charge in [-0.3, -0.25) is 0 Å². The van der Waals surface area contributed by atoms with Crippen LogP contribution >= 0.6 is 12.2 Å². The van der Waals surface area contributed by atoms with E-state index in [1.165, 1.54) is 12.1 Å². The lowest BCUT2D eigenvalue weighted by Gasteiger charge is -2.13. The van der Waals surface area contributed by atoms with Gasteiger partial charge >= 0.3 is 0 Å². The fraction of sp³-hybridized carbons (Fsp3) is 0.0417. The smallest absolute Gasteiger partial charge is 0.235 e. The van der Waals surface area contributed by atoms with Crippen LogP contribution in [0.3, 0.4) is 0 Å². The number of anilines is 1. The van der Waals surface area contributed by atoms with Gasteiger partial charge in [0.2, 0.25) is 17.7 Å². The number of thiocarbonyl (C=S) groups is 1. The van der Waals surface area contributed by atoms with Crippen LogP contribution in [0.25, 0.3) is 0 Å². The Morgan fingerprint density at radius 2 is 1.31 bits per heavy atom. The number of benzene rings is 3. The van der Waals surface area contributed by atoms with Crippen LogP contribution in [-0.4, -0.2) is 15.1 Å². The second-order valence-corrected chi connectivity index (χ2v) is 7.04. The molecule has 0 saturated carbocycles. The van der Waals surface area contributed by atoms with Crippen LogP contribution in [0, 0.1) is 5.82 Å². The summed E-state index contributed by atoms with van der Waals surface area (Å²) in [6.45, 7) is 0.416. The van der Waals surface area contributed by atoms with E-state index in [1.54, 1.807) is 18.2 Å². The van der Waals surface area contributed by atoms with Crippen molar-refractivity contribution in [2.45, 2.75) is 6.54 Å². The summed E-state index contributed by atoms with van der Waals surface area (Å²) in [5.74, 6) is 1.76. The number of nitrogens with one attached hydrogen (secondary N) is 2. The van der Waals surface area contributed by atoms with Crippen LogP contribution in [0.5, 0.6) is 23.3 Å². The average molecular weight is 447 g/mol. The summed E-state index contributed by atoms with van der Waals surface area (Å²) < 4.78 is 24.8. The molecule has 0 spiro atoms. The van der Waals surface area contributed by atoms with E-state index >= 15 is 0 Å². The maximum Gasteiger partial charge on any atom is 0.235 e. The molecule has 0 bridgehead atoms. The van der Waals surface area contributed by atoms with Crippen molar-refractivity contribution in [1.82, 2.24) is 15.3 Å². The van der Waals surface area contributed by atoms with E-state index in [0.717, 1.165) is 5.56 Å². The monoisotopic (exact) mass is 446 g/mol. The Kier molecular flexibility index (Phi) is 6.84. The van der Waals surface area contributed by atoms with E-state index in [2.05, 4.69) is 20.6 Å². The molecule has 1 aromatic heterocycles. The molecule has 0 radical (unpaired) electrons. The van der Waals surface area contributed by atoms with Gasteiger partial charge in [-0.15, -0.1) is 0 Å². The molecule has 4 rings (SSSR count). The summed E-state index contributed by atoms with van der Waals surface area (Å²) in [6, 6.07) is 26.3. The molecule has 3 aromatic carbocycles. The Bertz CT molecular complexity index is 1120. The molecule has 160 valence electrons. The van der Waals surface area contributed by atoms with Crippen molar-refractivity contribution < 1.29 is 13.9 Å². The number of ether oxygens (including phenoxy) is 2. The Balaban J connectivity index is 1.49. The molecule has 6 nitrogen and oxygen atoms in total. The van der Waals surface area contributed by atoms with Gasteiger partial charge in [0.1, 0.15) is 17.3 Å². The van der Waals surface area contributed by atoms with Gasteiger partial charge in [-0.05, 0) is 54.2 Å². The molecule has 8 heteroatoms. The highest BCUT2D eigenvalue weighted by Gasteiger charge is 2.10. The summed E-state index contributed by atoms with van der Waals surface area (Å²) >= 11 is 5.35. The molecule has 0 saturated heterocycles. The largest absolute Gasteiger partial charge is 0.439 e. The number of para-hydroxylation sites is 2. The summed E-state index contributed by atoms with van der Waals surface area (Å²) in [5.41, 5.74) is 0.880. The van der Waals surface area contributed by atoms with Gasteiger partial charge in [-0.25, -0.2) is 4.39 Å². The van der Waals surface area contributed by atoms with E-state index in [4.69, 9.17) is 21.7 Å². The first-order valence-corrected chi connectivity index (χ1v) is 10.2. The molecule has 0 unspecified atom stereocenters. The van der Waals surface area contributed by atoms with Crippen molar-refractivity contribution in [3.05, 3.63) is 102 Å². The van der Waals surface area contributed by atoms with Gasteiger partial charge < -0.3 is 20.1 Å². The first kappa shape index (κ1) is 21.2. The van der Waals surface area contributed by atoms with Gasteiger partial charge in [0.15, 0.2) is 5.11 Å². The van der Waals surface area contributed by atoms with E-state index < -0.39 is 0 Å². The molecule has 0 atom stereocenters. The fourth-order valence-electron chi connectivity index (χ4n) is 2.71. The highest BCUT2D eigenvalue weighted by molar-refractivity contribution is 7.80. The molecule has 1 heterocycles. The van der Waals surface area contributed by atoms with Crippen molar-refractivity contribution in [1.29, 1.82) is 0 Å². The summed E-state index contributed by atoms with van der Waals surface area (Å²) in [4.78, 5) is 8.75. The second kappa shape index (κ2) is 10.3. The standard InChI is InChI=1S/C24H19FN4O2S/c25-18-13-11-17(12-14-18)16-26-24(32)29-23-27-21(30-19-7-3-1-4-8-19)15-22(28-23)31-20-9-5-2-6-10-20/h1-15H,16H2,(H2,26,27,28,29,32). The molecular weight excluding hydrogens is 427 g/mol. The number of hydrogen-bond donors (Lipinski definition) is 2. The average Bonchev–Trinajstić information content (AvgIpc) is 2.80. The minimum Gasteiger partial charge on any atom is -0.439 e. The van der Waals surface area contributed by atoms with Crippen molar-refractivity contribution in [3.63, 3.8) is 0 Å². The Labute approximate surface area is 190 Å². The number of aromatic nitrogens is 2. The van der Waals surface area contributed by atoms with E-state index in [-0.39, 0.29) is 11.8 Å². The van der Waals surface area contributed by atoms with Gasteiger partial charge in [0.25, 0.3) is 0 Å². The van der Waals surface area contributed by atoms with Crippen LogP contribution < -0.4 is 20.1 Å². The predicted octanol–water partition coefficient (Wildman–Crippen LogP) is 5.69. The zero-order valence-electron chi connectivity index (χ0n) is 16.9. The minimum absolute atomic E-state index is 0.209. The molecule has 0 fully saturated rings. The molecule has 32 heavy (non-hydrogen) atoms. The Hall–Kier alpha value is -4.04. The van der Waals surface area contributed by atoms with E-state index in [0.29, 0.717) is 34.9 Å². The minimum atomic E-state index is -0.288. The summed E-state index contributed by atoms with van der Waals surface area (Å²) in [7, 11) is 0. The van der Waals surface area contributed by atoms with Gasteiger partial charge in [0.05, 0.1) is 6.07 Å². The molecule has 0 aliphatic heterocycles. The molecule has 0 amide bonds. The van der Waals surface area contributed by atoms with Crippen molar-refractivity contribution in [3.8, 4) is 23.3 Å². The second-order valence-electron chi connectivity index (χ2n) is 6.63. The number of nitrogens with zero attached hydrogens (tertiary/aromatic N) is 2. The maximum atomic E-state index is 13.1. The lowest BCUT2D eigenvalue weighted by molar-refractivity contribution is 0.435. The highest BCUT2D eigenvalue weighted by Crippen LogP contribution is 2.27. The Morgan fingerprint density at radius 1 is 0.781 bits per heavy atom. The van der Waals surface area contributed by atoms with Crippen molar-refractivity contribution in [2.24, 2.45) is 0 Å². The fourth-order valence-corrected chi connectivity index (χ4v) is 2.88. The maximum absolute atomic E-state index is 13.1. The first-order chi connectivity index (χ1) is 15.6. The molecule has 0 aliphatic carbocycles. The number of halogens is 1. The zero-order chi connectivity index (χ0) is 22.2. The van der Waals surface area contributed by atoms with Crippen LogP contribution in [0.4, 0.5) is 10.3 Å². The topological polar surface area (TPSA) is 68.3 Å². The third-order valence-electron chi connectivity index (χ3n) is 4.20. The van der Waals surface area contributed by atoms with E-state index in [1.807, 2.05) is 60.7 Å². The first-order valence-electron chi connectivity index (χ1n) is 9.78. The van der Waals surface area contributed by atoms with E-state index in [9.17, 15) is 4.39 Å². The molecular formula is C24H19FN4O2S. The number of rotatable bonds is 7. The summed E-state index contributed by atoms with van der Waals surface area (Å²) in [5, 5.41) is 6.28. The predicted molar refractivity (Wildman–Crippen MR) is 125 cm³/mol. The van der Waals surface area contributed by atoms with Crippen LogP contribution in [0.1, 0.15) is 5.56 Å². The van der Waals surface area contributed by atoms with Gasteiger partial charge in [-0.1, -0.05) is 48.5 Å². The van der Waals surface area contributed by atoms with Crippen molar-refractivity contribution in [2.75, 3.05) is 5.32 Å². The normalized spacial score (nSPS) is 10.3. The lowest BCUT2D eigenvalue weighted by atomic mass is 10.2. The third kappa shape index (κ3) is 6.23. The lowest BCUT2D eigenvalue weighted by Crippen LogP contribution is -2.28. The van der Waals surface area contributed by atoms with Gasteiger partial charge in [0, 0.05) is 6.54 Å². The molecule has 2 N–H and O–H groups in total. The van der Waals surface area contributed by atoms with Crippen molar-refractivity contribution >= 4 is 23.3 Å². The van der Waals surface area contributed by atoms with Gasteiger partial charge in [-0.2, -0.15) is 9.97 Å². The molecule has 0 aliphatic rings. The third-order valence-corrected chi connectivity index (χ3v) is 4.45. The zero-order valence-corrected chi connectivity index (χ0v) is 17.7.